The summed E-state index contributed by atoms with van der Waals surface area (Å²) in [5, 5.41) is 2.60. The molecule has 0 aromatic heterocycles. The summed E-state index contributed by atoms with van der Waals surface area (Å²) in [6.07, 6.45) is -4.83. The molecule has 2 unspecified atom stereocenters. The fourth-order valence-electron chi connectivity index (χ4n) is 4.46. The van der Waals surface area contributed by atoms with Crippen LogP contribution in [0.2, 0.25) is 0 Å². The standard InChI is InChI=1S/C27H26F6N2O5/c28-26(29,30)19-12-17(13-20(14-19)27(31,32)33)15-39-25(37)34-22-8-6-18-11-16(4-7-21(18)22)5-9-23(36)35-40-24-3-1-2-10-38-24/h4-5,7,9,11-14,22,24H,1-3,6,8,10,15H2,(H,34,37)(H,35,36)/b9-5+. The number of hydrogen-bond acceptors (Lipinski definition) is 5. The van der Waals surface area contributed by atoms with Gasteiger partial charge < -0.3 is 14.8 Å². The third kappa shape index (κ3) is 7.98. The molecule has 2 amide bonds. The first kappa shape index (κ1) is 29.4. The van der Waals surface area contributed by atoms with E-state index in [1.54, 1.807) is 18.2 Å². The van der Waals surface area contributed by atoms with Gasteiger partial charge in [0.1, 0.15) is 6.61 Å². The van der Waals surface area contributed by atoms with Crippen LogP contribution in [0.4, 0.5) is 31.1 Å². The second-order valence-corrected chi connectivity index (χ2v) is 9.40. The van der Waals surface area contributed by atoms with Gasteiger partial charge in [-0.2, -0.15) is 26.3 Å². The predicted molar refractivity (Wildman–Crippen MR) is 129 cm³/mol. The van der Waals surface area contributed by atoms with Gasteiger partial charge in [-0.15, -0.1) is 0 Å². The number of fused-ring (bicyclic) bond motifs is 1. The molecule has 1 saturated heterocycles. The number of rotatable bonds is 7. The number of nitrogens with one attached hydrogen (secondary N) is 2. The van der Waals surface area contributed by atoms with E-state index >= 15 is 0 Å². The highest BCUT2D eigenvalue weighted by atomic mass is 19.4. The Morgan fingerprint density at radius 2 is 1.70 bits per heavy atom. The monoisotopic (exact) mass is 572 g/mol. The minimum atomic E-state index is -5.00. The Bertz CT molecular complexity index is 1220. The lowest BCUT2D eigenvalue weighted by Gasteiger charge is -2.21. The molecule has 2 atom stereocenters. The molecular weight excluding hydrogens is 546 g/mol. The number of alkyl halides is 6. The molecule has 0 bridgehead atoms. The van der Waals surface area contributed by atoms with Crippen molar-refractivity contribution in [1.82, 2.24) is 10.8 Å². The third-order valence-electron chi connectivity index (χ3n) is 6.41. The van der Waals surface area contributed by atoms with Crippen molar-refractivity contribution in [3.63, 3.8) is 0 Å². The second-order valence-electron chi connectivity index (χ2n) is 9.40. The molecule has 1 aliphatic carbocycles. The Labute approximate surface area is 225 Å². The lowest BCUT2D eigenvalue weighted by atomic mass is 10.0. The summed E-state index contributed by atoms with van der Waals surface area (Å²) in [5.74, 6) is -0.458. The number of ether oxygens (including phenoxy) is 2. The van der Waals surface area contributed by atoms with Crippen molar-refractivity contribution < 1.29 is 50.2 Å². The molecule has 2 aromatic rings. The maximum atomic E-state index is 13.0. The highest BCUT2D eigenvalue weighted by Gasteiger charge is 2.37. The fourth-order valence-corrected chi connectivity index (χ4v) is 4.46. The molecule has 2 N–H and O–H groups in total. The summed E-state index contributed by atoms with van der Waals surface area (Å²) in [6, 6.07) is 5.92. The minimum absolute atomic E-state index is 0.00908. The highest BCUT2D eigenvalue weighted by molar-refractivity contribution is 5.91. The van der Waals surface area contributed by atoms with Crippen LogP contribution in [0.5, 0.6) is 0 Å². The van der Waals surface area contributed by atoms with Gasteiger partial charge >= 0.3 is 18.4 Å². The fraction of sp³-hybridized carbons (Fsp3) is 0.407. The lowest BCUT2D eigenvalue weighted by molar-refractivity contribution is -0.198. The zero-order valence-electron chi connectivity index (χ0n) is 21.0. The topological polar surface area (TPSA) is 85.9 Å². The molecule has 7 nitrogen and oxygen atoms in total. The van der Waals surface area contributed by atoms with Crippen LogP contribution >= 0.6 is 0 Å². The van der Waals surface area contributed by atoms with Gasteiger partial charge in [-0.3, -0.25) is 4.79 Å². The zero-order valence-corrected chi connectivity index (χ0v) is 21.0. The van der Waals surface area contributed by atoms with Crippen LogP contribution in [-0.2, 0) is 44.5 Å². The Morgan fingerprint density at radius 3 is 2.35 bits per heavy atom. The molecule has 13 heteroatoms. The van der Waals surface area contributed by atoms with Crippen molar-refractivity contribution in [3.8, 4) is 0 Å². The van der Waals surface area contributed by atoms with Crippen LogP contribution in [0.1, 0.15) is 65.1 Å². The summed E-state index contributed by atoms with van der Waals surface area (Å²) in [6.45, 7) is -0.196. The van der Waals surface area contributed by atoms with E-state index in [-0.39, 0.29) is 6.07 Å². The average molecular weight is 573 g/mol. The van der Waals surface area contributed by atoms with E-state index in [2.05, 4.69) is 10.8 Å². The average Bonchev–Trinajstić information content (AvgIpc) is 3.30. The van der Waals surface area contributed by atoms with Crippen molar-refractivity contribution in [2.24, 2.45) is 0 Å². The van der Waals surface area contributed by atoms with Crippen molar-refractivity contribution in [3.05, 3.63) is 75.9 Å². The first-order chi connectivity index (χ1) is 18.9. The number of benzene rings is 2. The Balaban J connectivity index is 1.31. The van der Waals surface area contributed by atoms with E-state index < -0.39 is 60.0 Å². The molecule has 1 aliphatic heterocycles. The molecule has 0 saturated carbocycles. The van der Waals surface area contributed by atoms with E-state index in [0.717, 1.165) is 29.5 Å². The van der Waals surface area contributed by atoms with Crippen LogP contribution in [0.25, 0.3) is 6.08 Å². The molecule has 2 aromatic carbocycles. The highest BCUT2D eigenvalue weighted by Crippen LogP contribution is 2.37. The summed E-state index contributed by atoms with van der Waals surface area (Å²) < 4.78 is 88.6. The number of halogens is 6. The molecule has 0 radical (unpaired) electrons. The van der Waals surface area contributed by atoms with Crippen LogP contribution in [0.3, 0.4) is 0 Å². The van der Waals surface area contributed by atoms with Gasteiger partial charge in [-0.25, -0.2) is 15.1 Å². The van der Waals surface area contributed by atoms with Crippen molar-refractivity contribution in [1.29, 1.82) is 0 Å². The quantitative estimate of drug-likeness (QED) is 0.234. The number of aryl methyl sites for hydroxylation is 1. The van der Waals surface area contributed by atoms with Crippen LogP contribution in [0, 0.1) is 0 Å². The Hall–Kier alpha value is -3.58. The molecular formula is C27H26F6N2O5. The smallest absolute Gasteiger partial charge is 0.416 e. The SMILES string of the molecule is O=C(/C=C/c1ccc2c(c1)CCC2NC(=O)OCc1cc(C(F)(F)F)cc(C(F)(F)F)c1)NOC1CCCCO1. The molecule has 40 heavy (non-hydrogen) atoms. The number of carbonyl (C=O) groups is 2. The summed E-state index contributed by atoms with van der Waals surface area (Å²) in [7, 11) is 0. The van der Waals surface area contributed by atoms with Crippen LogP contribution < -0.4 is 10.8 Å². The maximum Gasteiger partial charge on any atom is 0.416 e. The van der Waals surface area contributed by atoms with Gasteiger partial charge in [-0.05, 0) is 72.2 Å². The first-order valence-corrected chi connectivity index (χ1v) is 12.5. The lowest BCUT2D eigenvalue weighted by Crippen LogP contribution is -2.32. The second kappa shape index (κ2) is 12.3. The molecule has 1 heterocycles. The molecule has 4 rings (SSSR count). The maximum absolute atomic E-state index is 13.0. The van der Waals surface area contributed by atoms with Gasteiger partial charge in [0.15, 0.2) is 6.29 Å². The van der Waals surface area contributed by atoms with Gasteiger partial charge in [0.05, 0.1) is 17.2 Å². The number of carbonyl (C=O) groups excluding carboxylic acids is 2. The van der Waals surface area contributed by atoms with Gasteiger partial charge in [0.2, 0.25) is 0 Å². The summed E-state index contributed by atoms with van der Waals surface area (Å²) >= 11 is 0. The predicted octanol–water partition coefficient (Wildman–Crippen LogP) is 6.23. The van der Waals surface area contributed by atoms with Crippen LogP contribution in [-0.4, -0.2) is 24.9 Å². The van der Waals surface area contributed by atoms with E-state index in [1.165, 1.54) is 6.08 Å². The largest absolute Gasteiger partial charge is 0.445 e. The summed E-state index contributed by atoms with van der Waals surface area (Å²) in [4.78, 5) is 29.5. The molecule has 1 fully saturated rings. The molecule has 2 aliphatic rings. The normalized spacial score (nSPS) is 19.4. The van der Waals surface area contributed by atoms with E-state index in [1.807, 2.05) is 6.07 Å². The van der Waals surface area contributed by atoms with Crippen molar-refractivity contribution >= 4 is 18.1 Å². The minimum Gasteiger partial charge on any atom is -0.445 e. The number of alkyl carbamates (subject to hydrolysis) is 1. The van der Waals surface area contributed by atoms with Crippen LogP contribution in [0.15, 0.2) is 42.5 Å². The van der Waals surface area contributed by atoms with E-state index in [4.69, 9.17) is 14.3 Å². The van der Waals surface area contributed by atoms with Gasteiger partial charge in [-0.1, -0.05) is 18.2 Å². The number of amides is 2. The Morgan fingerprint density at radius 1 is 0.975 bits per heavy atom. The number of hydrogen-bond donors (Lipinski definition) is 2. The zero-order chi connectivity index (χ0) is 28.9. The van der Waals surface area contributed by atoms with Crippen molar-refractivity contribution in [2.75, 3.05) is 6.61 Å². The molecule has 216 valence electrons. The summed E-state index contributed by atoms with van der Waals surface area (Å²) in [5.41, 5.74) is 1.34. The number of hydroxylamine groups is 1. The van der Waals surface area contributed by atoms with E-state index in [9.17, 15) is 35.9 Å². The van der Waals surface area contributed by atoms with Crippen molar-refractivity contribution in [2.45, 2.75) is 63.4 Å². The van der Waals surface area contributed by atoms with Gasteiger partial charge in [0, 0.05) is 19.1 Å². The first-order valence-electron chi connectivity index (χ1n) is 12.5. The van der Waals surface area contributed by atoms with Gasteiger partial charge in [0.25, 0.3) is 5.91 Å². The third-order valence-corrected chi connectivity index (χ3v) is 6.41. The molecule has 0 spiro atoms. The Kier molecular flexibility index (Phi) is 9.04. The van der Waals surface area contributed by atoms with E-state index in [0.29, 0.717) is 38.0 Å².